The van der Waals surface area contributed by atoms with Gasteiger partial charge >= 0.3 is 0 Å². The first kappa shape index (κ1) is 18.7. The van der Waals surface area contributed by atoms with E-state index in [1.807, 2.05) is 0 Å². The van der Waals surface area contributed by atoms with Gasteiger partial charge in [0.2, 0.25) is 5.91 Å². The average molecular weight is 291 g/mol. The van der Waals surface area contributed by atoms with Crippen molar-refractivity contribution in [1.29, 1.82) is 0 Å². The zero-order valence-corrected chi connectivity index (χ0v) is 13.2. The van der Waals surface area contributed by atoms with Crippen molar-refractivity contribution >= 4 is 18.3 Å². The molecule has 1 atom stereocenters. The van der Waals surface area contributed by atoms with Gasteiger partial charge in [-0.1, -0.05) is 51.9 Å². The lowest BCUT2D eigenvalue weighted by molar-refractivity contribution is -0.124. The van der Waals surface area contributed by atoms with E-state index < -0.39 is 0 Å². The Morgan fingerprint density at radius 2 is 1.74 bits per heavy atom. The van der Waals surface area contributed by atoms with Crippen LogP contribution in [0.3, 0.4) is 0 Å². The Bertz CT molecular complexity index is 218. The Hall–Kier alpha value is -0.280. The summed E-state index contributed by atoms with van der Waals surface area (Å²) in [5, 5.41) is 6.28. The van der Waals surface area contributed by atoms with Gasteiger partial charge in [-0.25, -0.2) is 0 Å². The molecule has 0 aromatic carbocycles. The summed E-state index contributed by atoms with van der Waals surface area (Å²) >= 11 is 0. The lowest BCUT2D eigenvalue weighted by atomic mass is 10.1. The largest absolute Gasteiger partial charge is 0.356 e. The lowest BCUT2D eigenvalue weighted by Crippen LogP contribution is -2.32. The van der Waals surface area contributed by atoms with Crippen molar-refractivity contribution in [2.24, 2.45) is 5.92 Å². The molecular formula is C15H31ClN2O. The summed E-state index contributed by atoms with van der Waals surface area (Å²) in [6, 6.07) is 0. The second-order valence-corrected chi connectivity index (χ2v) is 5.46. The molecule has 3 nitrogen and oxygen atoms in total. The van der Waals surface area contributed by atoms with E-state index in [4.69, 9.17) is 0 Å². The fourth-order valence-corrected chi connectivity index (χ4v) is 2.49. The smallest absolute Gasteiger partial charge is 0.224 e. The van der Waals surface area contributed by atoms with Crippen LogP contribution in [-0.4, -0.2) is 25.5 Å². The third-order valence-electron chi connectivity index (χ3n) is 3.76. The number of hydrogen-bond acceptors (Lipinski definition) is 2. The maximum Gasteiger partial charge on any atom is 0.224 e. The number of unbranched alkanes of at least 4 members (excludes halogenated alkanes) is 7. The number of carbonyl (C=O) groups is 1. The van der Waals surface area contributed by atoms with Gasteiger partial charge in [0.25, 0.3) is 0 Å². The topological polar surface area (TPSA) is 41.1 Å². The molecule has 1 heterocycles. The zero-order valence-electron chi connectivity index (χ0n) is 12.4. The molecule has 0 saturated carbocycles. The molecule has 1 amide bonds. The molecule has 0 aromatic rings. The fourth-order valence-electron chi connectivity index (χ4n) is 2.49. The molecule has 1 rings (SSSR count). The van der Waals surface area contributed by atoms with Gasteiger partial charge in [0.05, 0.1) is 5.92 Å². The van der Waals surface area contributed by atoms with Crippen LogP contribution >= 0.6 is 12.4 Å². The molecule has 4 heteroatoms. The first-order valence-corrected chi connectivity index (χ1v) is 7.83. The van der Waals surface area contributed by atoms with Crippen molar-refractivity contribution in [2.45, 2.75) is 64.7 Å². The van der Waals surface area contributed by atoms with Crippen LogP contribution in [0.15, 0.2) is 0 Å². The molecular weight excluding hydrogens is 260 g/mol. The van der Waals surface area contributed by atoms with Gasteiger partial charge in [-0.2, -0.15) is 0 Å². The third kappa shape index (κ3) is 9.28. The van der Waals surface area contributed by atoms with Crippen molar-refractivity contribution in [1.82, 2.24) is 10.6 Å². The Kier molecular flexibility index (Phi) is 12.6. The maximum atomic E-state index is 11.7. The summed E-state index contributed by atoms with van der Waals surface area (Å²) < 4.78 is 0. The van der Waals surface area contributed by atoms with Crippen molar-refractivity contribution < 1.29 is 4.79 Å². The minimum atomic E-state index is 0. The number of halogens is 1. The zero-order chi connectivity index (χ0) is 13.1. The first-order valence-electron chi connectivity index (χ1n) is 7.83. The maximum absolute atomic E-state index is 11.7. The molecule has 1 saturated heterocycles. The second kappa shape index (κ2) is 12.7. The van der Waals surface area contributed by atoms with Crippen LogP contribution in [0.4, 0.5) is 0 Å². The van der Waals surface area contributed by atoms with Crippen LogP contribution in [0, 0.1) is 5.92 Å². The standard InChI is InChI=1S/C15H30N2O.ClH/c1-2-3-4-5-6-7-8-9-11-17-15(18)14-10-12-16-13-14;/h14,16H,2-13H2,1H3,(H,17,18);1H/t14-;/m1./s1. The molecule has 114 valence electrons. The van der Waals surface area contributed by atoms with E-state index in [9.17, 15) is 4.79 Å². The SMILES string of the molecule is CCCCCCCCCCNC(=O)[C@@H]1CCNC1.Cl. The molecule has 0 aromatic heterocycles. The summed E-state index contributed by atoms with van der Waals surface area (Å²) in [6.45, 7) is 4.98. The molecule has 0 unspecified atom stereocenters. The molecule has 1 aliphatic rings. The quantitative estimate of drug-likeness (QED) is 0.606. The molecule has 0 bridgehead atoms. The molecule has 19 heavy (non-hydrogen) atoms. The highest BCUT2D eigenvalue weighted by Gasteiger charge is 2.21. The molecule has 1 aliphatic heterocycles. The molecule has 0 radical (unpaired) electrons. The van der Waals surface area contributed by atoms with Gasteiger partial charge in [0, 0.05) is 13.1 Å². The molecule has 0 aliphatic carbocycles. The summed E-state index contributed by atoms with van der Waals surface area (Å²) in [5.41, 5.74) is 0. The monoisotopic (exact) mass is 290 g/mol. The van der Waals surface area contributed by atoms with Crippen LogP contribution < -0.4 is 10.6 Å². The molecule has 1 fully saturated rings. The Balaban J connectivity index is 0.00000324. The summed E-state index contributed by atoms with van der Waals surface area (Å²) in [5.74, 6) is 0.474. The fraction of sp³-hybridized carbons (Fsp3) is 0.933. The van der Waals surface area contributed by atoms with Crippen molar-refractivity contribution in [2.75, 3.05) is 19.6 Å². The number of amides is 1. The summed E-state index contributed by atoms with van der Waals surface area (Å²) in [4.78, 5) is 11.7. The normalized spacial score (nSPS) is 18.1. The van der Waals surface area contributed by atoms with Crippen LogP contribution in [-0.2, 0) is 4.79 Å². The third-order valence-corrected chi connectivity index (χ3v) is 3.76. The minimum absolute atomic E-state index is 0. The van der Waals surface area contributed by atoms with Gasteiger partial charge in [0.1, 0.15) is 0 Å². The molecule has 0 spiro atoms. The summed E-state index contributed by atoms with van der Waals surface area (Å²) in [6.07, 6.45) is 11.6. The lowest BCUT2D eigenvalue weighted by Gasteiger charge is -2.09. The van der Waals surface area contributed by atoms with E-state index in [1.165, 1.54) is 44.9 Å². The predicted octanol–water partition coefficient (Wildman–Crippen LogP) is 3.27. The van der Waals surface area contributed by atoms with E-state index in [0.717, 1.165) is 32.5 Å². The first-order chi connectivity index (χ1) is 8.84. The second-order valence-electron chi connectivity index (χ2n) is 5.46. The number of rotatable bonds is 10. The van der Waals surface area contributed by atoms with Crippen LogP contribution in [0.2, 0.25) is 0 Å². The Morgan fingerprint density at radius 3 is 2.32 bits per heavy atom. The van der Waals surface area contributed by atoms with Crippen molar-refractivity contribution in [3.05, 3.63) is 0 Å². The van der Waals surface area contributed by atoms with E-state index in [0.29, 0.717) is 0 Å². The summed E-state index contributed by atoms with van der Waals surface area (Å²) in [7, 11) is 0. The van der Waals surface area contributed by atoms with Crippen molar-refractivity contribution in [3.63, 3.8) is 0 Å². The predicted molar refractivity (Wildman–Crippen MR) is 83.8 cm³/mol. The Morgan fingerprint density at radius 1 is 1.11 bits per heavy atom. The van der Waals surface area contributed by atoms with Crippen LogP contribution in [0.5, 0.6) is 0 Å². The highest BCUT2D eigenvalue weighted by atomic mass is 35.5. The van der Waals surface area contributed by atoms with Crippen molar-refractivity contribution in [3.8, 4) is 0 Å². The number of carbonyl (C=O) groups excluding carboxylic acids is 1. The Labute approximate surface area is 124 Å². The van der Waals surface area contributed by atoms with Gasteiger partial charge < -0.3 is 10.6 Å². The molecule has 2 N–H and O–H groups in total. The van der Waals surface area contributed by atoms with E-state index in [2.05, 4.69) is 17.6 Å². The van der Waals surface area contributed by atoms with Gasteiger partial charge in [-0.05, 0) is 19.4 Å². The average Bonchev–Trinajstić information content (AvgIpc) is 2.90. The van der Waals surface area contributed by atoms with Gasteiger partial charge in [0.15, 0.2) is 0 Å². The van der Waals surface area contributed by atoms with E-state index in [-0.39, 0.29) is 24.2 Å². The van der Waals surface area contributed by atoms with Gasteiger partial charge in [-0.3, -0.25) is 4.79 Å². The number of nitrogens with one attached hydrogen (secondary N) is 2. The number of hydrogen-bond donors (Lipinski definition) is 2. The van der Waals surface area contributed by atoms with Crippen LogP contribution in [0.1, 0.15) is 64.7 Å². The van der Waals surface area contributed by atoms with E-state index >= 15 is 0 Å². The highest BCUT2D eigenvalue weighted by molar-refractivity contribution is 5.85. The minimum Gasteiger partial charge on any atom is -0.356 e. The van der Waals surface area contributed by atoms with Gasteiger partial charge in [-0.15, -0.1) is 12.4 Å². The van der Waals surface area contributed by atoms with E-state index in [1.54, 1.807) is 0 Å². The van der Waals surface area contributed by atoms with Crippen LogP contribution in [0.25, 0.3) is 0 Å². The highest BCUT2D eigenvalue weighted by Crippen LogP contribution is 2.09.